The van der Waals surface area contributed by atoms with Gasteiger partial charge in [0.25, 0.3) is 0 Å². The average Bonchev–Trinajstić information content (AvgIpc) is 2.30. The molecule has 1 aromatic rings. The van der Waals surface area contributed by atoms with Gasteiger partial charge in [-0.3, -0.25) is 4.79 Å². The molecule has 4 heteroatoms. The number of hydrogen-bond donors (Lipinski definition) is 2. The number of rotatable bonds is 6. The lowest BCUT2D eigenvalue weighted by atomic mass is 10.3. The zero-order valence-corrected chi connectivity index (χ0v) is 10.5. The van der Waals surface area contributed by atoms with Crippen LogP contribution >= 0.6 is 11.8 Å². The normalized spacial score (nSPS) is 12.1. The van der Waals surface area contributed by atoms with Crippen LogP contribution in [-0.2, 0) is 4.79 Å². The number of carbonyl (C=O) groups is 1. The standard InChI is InChI=1S/C12H18N2OS/c1-10(16-2)8-13-9-12(15)14-11-6-4-3-5-7-11/h3-7,10,13H,8-9H2,1-2H3,(H,14,15). The fourth-order valence-electron chi connectivity index (χ4n) is 1.20. The molecule has 0 aliphatic rings. The summed E-state index contributed by atoms with van der Waals surface area (Å²) in [5.41, 5.74) is 0.840. The van der Waals surface area contributed by atoms with E-state index in [4.69, 9.17) is 0 Å². The third-order valence-electron chi connectivity index (χ3n) is 2.18. The molecule has 0 saturated carbocycles. The number of nitrogens with one attached hydrogen (secondary N) is 2. The van der Waals surface area contributed by atoms with Gasteiger partial charge in [0, 0.05) is 17.5 Å². The first-order chi connectivity index (χ1) is 7.72. The van der Waals surface area contributed by atoms with Crippen LogP contribution in [0.1, 0.15) is 6.92 Å². The Hall–Kier alpha value is -1.00. The van der Waals surface area contributed by atoms with Crippen LogP contribution in [0.5, 0.6) is 0 Å². The van der Waals surface area contributed by atoms with E-state index in [1.165, 1.54) is 0 Å². The third kappa shape index (κ3) is 5.19. The van der Waals surface area contributed by atoms with Crippen LogP contribution in [0.3, 0.4) is 0 Å². The molecule has 0 fully saturated rings. The van der Waals surface area contributed by atoms with Crippen LogP contribution in [0.4, 0.5) is 5.69 Å². The van der Waals surface area contributed by atoms with Crippen molar-refractivity contribution in [3.63, 3.8) is 0 Å². The highest BCUT2D eigenvalue weighted by Gasteiger charge is 2.03. The van der Waals surface area contributed by atoms with Crippen molar-refractivity contribution in [2.45, 2.75) is 12.2 Å². The zero-order chi connectivity index (χ0) is 11.8. The first-order valence-corrected chi connectivity index (χ1v) is 6.59. The SMILES string of the molecule is CSC(C)CNCC(=O)Nc1ccccc1. The summed E-state index contributed by atoms with van der Waals surface area (Å²) in [7, 11) is 0. The molecule has 16 heavy (non-hydrogen) atoms. The topological polar surface area (TPSA) is 41.1 Å². The maximum absolute atomic E-state index is 11.5. The van der Waals surface area contributed by atoms with Crippen molar-refractivity contribution in [2.24, 2.45) is 0 Å². The van der Waals surface area contributed by atoms with Gasteiger partial charge in [0.15, 0.2) is 0 Å². The Morgan fingerprint density at radius 1 is 1.38 bits per heavy atom. The van der Waals surface area contributed by atoms with Gasteiger partial charge in [-0.15, -0.1) is 0 Å². The Labute approximate surface area is 101 Å². The smallest absolute Gasteiger partial charge is 0.238 e. The predicted molar refractivity (Wildman–Crippen MR) is 70.9 cm³/mol. The van der Waals surface area contributed by atoms with Crippen molar-refractivity contribution in [3.8, 4) is 0 Å². The van der Waals surface area contributed by atoms with Crippen LogP contribution in [0.25, 0.3) is 0 Å². The highest BCUT2D eigenvalue weighted by Crippen LogP contribution is 2.04. The minimum absolute atomic E-state index is 0.000460. The van der Waals surface area contributed by atoms with Crippen molar-refractivity contribution in [1.29, 1.82) is 0 Å². The van der Waals surface area contributed by atoms with Gasteiger partial charge < -0.3 is 10.6 Å². The minimum atomic E-state index is -0.000460. The first-order valence-electron chi connectivity index (χ1n) is 5.31. The second-order valence-corrected chi connectivity index (χ2v) is 4.87. The van der Waals surface area contributed by atoms with Crippen molar-refractivity contribution in [3.05, 3.63) is 30.3 Å². The number of thioether (sulfide) groups is 1. The van der Waals surface area contributed by atoms with Gasteiger partial charge in [0.2, 0.25) is 5.91 Å². The van der Waals surface area contributed by atoms with Gasteiger partial charge in [-0.05, 0) is 18.4 Å². The highest BCUT2D eigenvalue weighted by atomic mass is 32.2. The number of hydrogen-bond acceptors (Lipinski definition) is 3. The molecule has 3 nitrogen and oxygen atoms in total. The average molecular weight is 238 g/mol. The summed E-state index contributed by atoms with van der Waals surface area (Å²) in [6, 6.07) is 9.48. The Bertz CT molecular complexity index is 316. The monoisotopic (exact) mass is 238 g/mol. The van der Waals surface area contributed by atoms with Crippen LogP contribution in [0, 0.1) is 0 Å². The minimum Gasteiger partial charge on any atom is -0.325 e. The summed E-state index contributed by atoms with van der Waals surface area (Å²) in [4.78, 5) is 11.5. The Morgan fingerprint density at radius 2 is 2.06 bits per heavy atom. The van der Waals surface area contributed by atoms with E-state index in [1.807, 2.05) is 30.3 Å². The third-order valence-corrected chi connectivity index (χ3v) is 3.15. The van der Waals surface area contributed by atoms with Gasteiger partial charge >= 0.3 is 0 Å². The summed E-state index contributed by atoms with van der Waals surface area (Å²) in [5.74, 6) is -0.000460. The quantitative estimate of drug-likeness (QED) is 0.796. The molecule has 0 radical (unpaired) electrons. The molecule has 0 aliphatic heterocycles. The van der Waals surface area contributed by atoms with E-state index >= 15 is 0 Å². The van der Waals surface area contributed by atoms with E-state index in [9.17, 15) is 4.79 Å². The lowest BCUT2D eigenvalue weighted by molar-refractivity contribution is -0.115. The molecule has 1 aromatic carbocycles. The zero-order valence-electron chi connectivity index (χ0n) is 9.69. The maximum Gasteiger partial charge on any atom is 0.238 e. The predicted octanol–water partition coefficient (Wildman–Crippen LogP) is 1.97. The van der Waals surface area contributed by atoms with Gasteiger partial charge in [0.1, 0.15) is 0 Å². The summed E-state index contributed by atoms with van der Waals surface area (Å²) >= 11 is 1.79. The highest BCUT2D eigenvalue weighted by molar-refractivity contribution is 7.99. The van der Waals surface area contributed by atoms with E-state index < -0.39 is 0 Å². The van der Waals surface area contributed by atoms with Crippen molar-refractivity contribution < 1.29 is 4.79 Å². The summed E-state index contributed by atoms with van der Waals surface area (Å²) in [5, 5.41) is 6.48. The number of carbonyl (C=O) groups excluding carboxylic acids is 1. The van der Waals surface area contributed by atoms with E-state index in [0.29, 0.717) is 11.8 Å². The molecule has 88 valence electrons. The van der Waals surface area contributed by atoms with Crippen LogP contribution in [0.15, 0.2) is 30.3 Å². The van der Waals surface area contributed by atoms with Gasteiger partial charge in [0.05, 0.1) is 6.54 Å². The molecule has 0 aromatic heterocycles. The van der Waals surface area contributed by atoms with Crippen molar-refractivity contribution >= 4 is 23.4 Å². The number of para-hydroxylation sites is 1. The number of benzene rings is 1. The molecule has 1 atom stereocenters. The number of amides is 1. The second kappa shape index (κ2) is 7.30. The largest absolute Gasteiger partial charge is 0.325 e. The Morgan fingerprint density at radius 3 is 2.69 bits per heavy atom. The molecule has 0 bridgehead atoms. The molecule has 1 amide bonds. The van der Waals surface area contributed by atoms with E-state index in [0.717, 1.165) is 12.2 Å². The number of anilines is 1. The van der Waals surface area contributed by atoms with Gasteiger partial charge in [-0.1, -0.05) is 25.1 Å². The molecule has 2 N–H and O–H groups in total. The molecule has 0 saturated heterocycles. The summed E-state index contributed by atoms with van der Waals surface area (Å²) < 4.78 is 0. The molecule has 0 aliphatic carbocycles. The van der Waals surface area contributed by atoms with E-state index in [-0.39, 0.29) is 5.91 Å². The summed E-state index contributed by atoms with van der Waals surface area (Å²) in [6.07, 6.45) is 2.07. The molecule has 1 unspecified atom stereocenters. The Kier molecular flexibility index (Phi) is 5.96. The van der Waals surface area contributed by atoms with Crippen molar-refractivity contribution in [2.75, 3.05) is 24.7 Å². The van der Waals surface area contributed by atoms with Crippen LogP contribution in [0.2, 0.25) is 0 Å². The lowest BCUT2D eigenvalue weighted by Crippen LogP contribution is -2.31. The fourth-order valence-corrected chi connectivity index (χ4v) is 1.48. The van der Waals surface area contributed by atoms with E-state index in [2.05, 4.69) is 23.8 Å². The molecular weight excluding hydrogens is 220 g/mol. The molecule has 0 heterocycles. The van der Waals surface area contributed by atoms with Crippen molar-refractivity contribution in [1.82, 2.24) is 5.32 Å². The van der Waals surface area contributed by atoms with E-state index in [1.54, 1.807) is 11.8 Å². The molecule has 0 spiro atoms. The Balaban J connectivity index is 2.21. The maximum atomic E-state index is 11.5. The lowest BCUT2D eigenvalue weighted by Gasteiger charge is -2.09. The first kappa shape index (κ1) is 13.1. The van der Waals surface area contributed by atoms with Crippen LogP contribution in [-0.4, -0.2) is 30.5 Å². The van der Waals surface area contributed by atoms with Crippen LogP contribution < -0.4 is 10.6 Å². The fraction of sp³-hybridized carbons (Fsp3) is 0.417. The van der Waals surface area contributed by atoms with Gasteiger partial charge in [-0.2, -0.15) is 11.8 Å². The second-order valence-electron chi connectivity index (χ2n) is 3.59. The summed E-state index contributed by atoms with van der Waals surface area (Å²) in [6.45, 7) is 3.34. The van der Waals surface area contributed by atoms with Gasteiger partial charge in [-0.25, -0.2) is 0 Å². The molecular formula is C12H18N2OS. The molecule has 1 rings (SSSR count).